The number of nitrogens with one attached hydrogen (secondary N) is 2. The summed E-state index contributed by atoms with van der Waals surface area (Å²) in [5.41, 5.74) is 2.44. The second kappa shape index (κ2) is 6.87. The van der Waals surface area contributed by atoms with Crippen molar-refractivity contribution in [3.63, 3.8) is 0 Å². The quantitative estimate of drug-likeness (QED) is 0.403. The molecule has 0 aliphatic carbocycles. The highest BCUT2D eigenvalue weighted by Gasteiger charge is 2.14. The average molecular weight is 241 g/mol. The summed E-state index contributed by atoms with van der Waals surface area (Å²) in [5, 5.41) is 12.1. The summed E-state index contributed by atoms with van der Waals surface area (Å²) in [5.74, 6) is 6.78. The molecule has 1 atom stereocenters. The molecule has 0 aromatic carbocycles. The SMILES string of the molecule is CCC(CCO)Nc1ncnc(NN)c1OC. The first kappa shape index (κ1) is 13.5. The third kappa shape index (κ3) is 3.43. The predicted molar refractivity (Wildman–Crippen MR) is 65.8 cm³/mol. The Morgan fingerprint density at radius 1 is 1.47 bits per heavy atom. The lowest BCUT2D eigenvalue weighted by Gasteiger charge is -2.18. The Morgan fingerprint density at radius 2 is 2.18 bits per heavy atom. The van der Waals surface area contributed by atoms with E-state index in [0.29, 0.717) is 23.8 Å². The molecule has 0 saturated carbocycles. The minimum atomic E-state index is 0.126. The molecule has 17 heavy (non-hydrogen) atoms. The van der Waals surface area contributed by atoms with Gasteiger partial charge in [-0.2, -0.15) is 0 Å². The molecular weight excluding hydrogens is 222 g/mol. The van der Waals surface area contributed by atoms with Gasteiger partial charge in [0.05, 0.1) is 7.11 Å². The first-order valence-electron chi connectivity index (χ1n) is 5.49. The van der Waals surface area contributed by atoms with Crippen LogP contribution in [0.1, 0.15) is 19.8 Å². The van der Waals surface area contributed by atoms with Gasteiger partial charge in [-0.25, -0.2) is 15.8 Å². The number of hydrogen-bond donors (Lipinski definition) is 4. The highest BCUT2D eigenvalue weighted by atomic mass is 16.5. The molecule has 0 amide bonds. The normalized spacial score (nSPS) is 12.0. The Labute approximate surface area is 100 Å². The molecule has 0 aliphatic heterocycles. The smallest absolute Gasteiger partial charge is 0.205 e. The van der Waals surface area contributed by atoms with Crippen molar-refractivity contribution in [2.24, 2.45) is 5.84 Å². The number of nitrogen functional groups attached to an aromatic ring is 1. The maximum atomic E-state index is 8.94. The van der Waals surface area contributed by atoms with E-state index in [4.69, 9.17) is 15.7 Å². The van der Waals surface area contributed by atoms with Gasteiger partial charge < -0.3 is 20.6 Å². The second-order valence-electron chi connectivity index (χ2n) is 3.51. The molecule has 0 spiro atoms. The summed E-state index contributed by atoms with van der Waals surface area (Å²) in [6.45, 7) is 2.16. The summed E-state index contributed by atoms with van der Waals surface area (Å²) in [4.78, 5) is 8.05. The van der Waals surface area contributed by atoms with E-state index in [0.717, 1.165) is 6.42 Å². The number of hydrogen-bond acceptors (Lipinski definition) is 7. The van der Waals surface area contributed by atoms with Crippen molar-refractivity contribution in [1.82, 2.24) is 9.97 Å². The Balaban J connectivity index is 2.88. The Morgan fingerprint density at radius 3 is 2.71 bits per heavy atom. The molecule has 1 rings (SSSR count). The van der Waals surface area contributed by atoms with Crippen LogP contribution in [0, 0.1) is 0 Å². The third-order valence-corrected chi connectivity index (χ3v) is 2.46. The summed E-state index contributed by atoms with van der Waals surface area (Å²) >= 11 is 0. The Hall–Kier alpha value is -1.60. The molecule has 0 radical (unpaired) electrons. The van der Waals surface area contributed by atoms with Gasteiger partial charge in [0.25, 0.3) is 0 Å². The maximum absolute atomic E-state index is 8.94. The molecule has 1 heterocycles. The van der Waals surface area contributed by atoms with Crippen molar-refractivity contribution < 1.29 is 9.84 Å². The van der Waals surface area contributed by atoms with Gasteiger partial charge in [0.1, 0.15) is 6.33 Å². The monoisotopic (exact) mass is 241 g/mol. The molecule has 1 unspecified atom stereocenters. The zero-order valence-corrected chi connectivity index (χ0v) is 10.1. The molecular formula is C10H19N5O2. The number of nitrogens with zero attached hydrogens (tertiary/aromatic N) is 2. The van der Waals surface area contributed by atoms with Crippen LogP contribution in [0.15, 0.2) is 6.33 Å². The number of aliphatic hydroxyl groups excluding tert-OH is 1. The van der Waals surface area contributed by atoms with Gasteiger partial charge in [0, 0.05) is 12.6 Å². The second-order valence-corrected chi connectivity index (χ2v) is 3.51. The molecule has 5 N–H and O–H groups in total. The fraction of sp³-hybridized carbons (Fsp3) is 0.600. The number of aliphatic hydroxyl groups is 1. The fourth-order valence-corrected chi connectivity index (χ4v) is 1.50. The molecule has 1 aromatic heterocycles. The highest BCUT2D eigenvalue weighted by molar-refractivity contribution is 5.63. The lowest BCUT2D eigenvalue weighted by molar-refractivity contribution is 0.278. The van der Waals surface area contributed by atoms with Crippen molar-refractivity contribution in [2.45, 2.75) is 25.8 Å². The number of ether oxygens (including phenoxy) is 1. The molecule has 7 heteroatoms. The zero-order chi connectivity index (χ0) is 12.7. The van der Waals surface area contributed by atoms with Crippen LogP contribution in [0.2, 0.25) is 0 Å². The van der Waals surface area contributed by atoms with Crippen LogP contribution in [0.4, 0.5) is 11.6 Å². The van der Waals surface area contributed by atoms with Gasteiger partial charge in [-0.15, -0.1) is 0 Å². The van der Waals surface area contributed by atoms with Crippen LogP contribution in [-0.2, 0) is 0 Å². The van der Waals surface area contributed by atoms with Gasteiger partial charge in [0.15, 0.2) is 11.6 Å². The molecule has 0 saturated heterocycles. The van der Waals surface area contributed by atoms with Crippen LogP contribution in [0.3, 0.4) is 0 Å². The molecule has 1 aromatic rings. The van der Waals surface area contributed by atoms with Crippen molar-refractivity contribution in [1.29, 1.82) is 0 Å². The third-order valence-electron chi connectivity index (χ3n) is 2.46. The standard InChI is InChI=1S/C10H19N5O2/c1-3-7(4-5-16)14-9-8(17-2)10(15-11)13-6-12-9/h6-7,16H,3-5,11H2,1-2H3,(H2,12,13,14,15). The number of aromatic nitrogens is 2. The summed E-state index contributed by atoms with van der Waals surface area (Å²) in [6, 6.07) is 0.134. The molecule has 0 aliphatic rings. The summed E-state index contributed by atoms with van der Waals surface area (Å²) < 4.78 is 5.20. The van der Waals surface area contributed by atoms with Crippen molar-refractivity contribution >= 4 is 11.6 Å². The van der Waals surface area contributed by atoms with Gasteiger partial charge >= 0.3 is 0 Å². The predicted octanol–water partition coefficient (Wildman–Crippen LogP) is 0.344. The van der Waals surface area contributed by atoms with E-state index in [-0.39, 0.29) is 12.6 Å². The van der Waals surface area contributed by atoms with Crippen LogP contribution in [-0.4, -0.2) is 34.8 Å². The first-order chi connectivity index (χ1) is 8.26. The average Bonchev–Trinajstić information content (AvgIpc) is 2.37. The lowest BCUT2D eigenvalue weighted by atomic mass is 10.1. The fourth-order valence-electron chi connectivity index (χ4n) is 1.50. The lowest BCUT2D eigenvalue weighted by Crippen LogP contribution is -2.21. The Bertz CT molecular complexity index is 347. The highest BCUT2D eigenvalue weighted by Crippen LogP contribution is 2.29. The Kier molecular flexibility index (Phi) is 5.44. The van der Waals surface area contributed by atoms with E-state index in [1.807, 2.05) is 6.92 Å². The van der Waals surface area contributed by atoms with E-state index < -0.39 is 0 Å². The largest absolute Gasteiger partial charge is 0.490 e. The van der Waals surface area contributed by atoms with E-state index in [1.165, 1.54) is 13.4 Å². The van der Waals surface area contributed by atoms with Gasteiger partial charge in [-0.05, 0) is 12.8 Å². The van der Waals surface area contributed by atoms with E-state index >= 15 is 0 Å². The number of rotatable bonds is 7. The minimum absolute atomic E-state index is 0.126. The molecule has 7 nitrogen and oxygen atoms in total. The van der Waals surface area contributed by atoms with Crippen LogP contribution in [0.5, 0.6) is 5.75 Å². The molecule has 96 valence electrons. The van der Waals surface area contributed by atoms with E-state index in [2.05, 4.69) is 20.7 Å². The van der Waals surface area contributed by atoms with Gasteiger partial charge in [0.2, 0.25) is 5.75 Å². The van der Waals surface area contributed by atoms with Crippen molar-refractivity contribution in [3.8, 4) is 5.75 Å². The minimum Gasteiger partial charge on any atom is -0.490 e. The summed E-state index contributed by atoms with van der Waals surface area (Å²) in [7, 11) is 1.53. The van der Waals surface area contributed by atoms with Crippen molar-refractivity contribution in [2.75, 3.05) is 24.5 Å². The van der Waals surface area contributed by atoms with Crippen molar-refractivity contribution in [3.05, 3.63) is 6.33 Å². The van der Waals surface area contributed by atoms with Crippen LogP contribution >= 0.6 is 0 Å². The number of hydrazine groups is 1. The topological polar surface area (TPSA) is 105 Å². The first-order valence-corrected chi connectivity index (χ1v) is 5.49. The van der Waals surface area contributed by atoms with E-state index in [9.17, 15) is 0 Å². The molecule has 0 bridgehead atoms. The molecule has 0 fully saturated rings. The van der Waals surface area contributed by atoms with E-state index in [1.54, 1.807) is 0 Å². The van der Waals surface area contributed by atoms with Crippen LogP contribution in [0.25, 0.3) is 0 Å². The van der Waals surface area contributed by atoms with Gasteiger partial charge in [-0.3, -0.25) is 0 Å². The summed E-state index contributed by atoms with van der Waals surface area (Å²) in [6.07, 6.45) is 2.92. The number of anilines is 2. The maximum Gasteiger partial charge on any atom is 0.205 e. The number of nitrogens with two attached hydrogens (primary N) is 1. The van der Waals surface area contributed by atoms with Gasteiger partial charge in [-0.1, -0.05) is 6.92 Å². The number of methoxy groups -OCH3 is 1. The van der Waals surface area contributed by atoms with Crippen LogP contribution < -0.4 is 21.3 Å². The zero-order valence-electron chi connectivity index (χ0n) is 10.1.